The van der Waals surface area contributed by atoms with Crippen molar-refractivity contribution in [3.8, 4) is 0 Å². The maximum absolute atomic E-state index is 13.6. The second kappa shape index (κ2) is 6.53. The summed E-state index contributed by atoms with van der Waals surface area (Å²) in [5.74, 6) is 0.258. The summed E-state index contributed by atoms with van der Waals surface area (Å²) in [7, 11) is 0. The lowest BCUT2D eigenvalue weighted by Crippen LogP contribution is -2.37. The second-order valence-corrected chi connectivity index (χ2v) is 6.45. The van der Waals surface area contributed by atoms with Crippen LogP contribution >= 0.6 is 11.6 Å². The predicted octanol–water partition coefficient (Wildman–Crippen LogP) is 4.44. The highest BCUT2D eigenvalue weighted by Gasteiger charge is 2.11. The zero-order chi connectivity index (χ0) is 13.8. The molecule has 0 saturated carbocycles. The first-order valence-electron chi connectivity index (χ1n) is 6.47. The molecular formula is C15H23ClFN. The third-order valence-electron chi connectivity index (χ3n) is 2.88. The minimum absolute atomic E-state index is 0.144. The van der Waals surface area contributed by atoms with Gasteiger partial charge in [-0.05, 0) is 63.8 Å². The molecule has 1 rings (SSSR count). The van der Waals surface area contributed by atoms with Crippen LogP contribution in [-0.2, 0) is 6.42 Å². The van der Waals surface area contributed by atoms with Gasteiger partial charge in [0.1, 0.15) is 5.82 Å². The molecule has 0 aliphatic heterocycles. The minimum atomic E-state index is -0.196. The van der Waals surface area contributed by atoms with Crippen LogP contribution in [0.5, 0.6) is 0 Å². The fraction of sp³-hybridized carbons (Fsp3) is 0.600. The quantitative estimate of drug-likeness (QED) is 0.835. The predicted molar refractivity (Wildman–Crippen MR) is 76.7 cm³/mol. The highest BCUT2D eigenvalue weighted by Crippen LogP contribution is 2.19. The van der Waals surface area contributed by atoms with E-state index in [9.17, 15) is 4.39 Å². The first-order chi connectivity index (χ1) is 8.28. The third-order valence-corrected chi connectivity index (χ3v) is 3.11. The van der Waals surface area contributed by atoms with Crippen LogP contribution in [0.25, 0.3) is 0 Å². The summed E-state index contributed by atoms with van der Waals surface area (Å²) >= 11 is 5.74. The molecule has 1 aromatic rings. The summed E-state index contributed by atoms with van der Waals surface area (Å²) in [4.78, 5) is 0. The molecule has 18 heavy (non-hydrogen) atoms. The molecule has 0 aliphatic rings. The maximum Gasteiger partial charge on any atom is 0.127 e. The Bertz CT molecular complexity index is 385. The first-order valence-corrected chi connectivity index (χ1v) is 6.84. The highest BCUT2D eigenvalue weighted by molar-refractivity contribution is 6.30. The molecule has 1 atom stereocenters. The zero-order valence-corrected chi connectivity index (χ0v) is 12.4. The van der Waals surface area contributed by atoms with Crippen molar-refractivity contribution in [3.05, 3.63) is 34.6 Å². The van der Waals surface area contributed by atoms with Crippen molar-refractivity contribution in [2.24, 2.45) is 5.92 Å². The molecule has 3 heteroatoms. The maximum atomic E-state index is 13.6. The Kier molecular flexibility index (Phi) is 5.61. The molecule has 0 aromatic heterocycles. The fourth-order valence-electron chi connectivity index (χ4n) is 1.86. The summed E-state index contributed by atoms with van der Waals surface area (Å²) in [6.45, 7) is 9.56. The molecule has 0 saturated heterocycles. The van der Waals surface area contributed by atoms with Gasteiger partial charge in [-0.1, -0.05) is 24.6 Å². The monoisotopic (exact) mass is 271 g/mol. The summed E-state index contributed by atoms with van der Waals surface area (Å²) in [5.41, 5.74) is 0.897. The van der Waals surface area contributed by atoms with Crippen LogP contribution in [0.2, 0.25) is 5.02 Å². The lowest BCUT2D eigenvalue weighted by Gasteiger charge is -2.22. The van der Waals surface area contributed by atoms with E-state index in [4.69, 9.17) is 11.6 Å². The van der Waals surface area contributed by atoms with Gasteiger partial charge in [0.2, 0.25) is 0 Å². The summed E-state index contributed by atoms with van der Waals surface area (Å²) < 4.78 is 13.6. The van der Waals surface area contributed by atoms with Gasteiger partial charge >= 0.3 is 0 Å². The van der Waals surface area contributed by atoms with E-state index in [1.165, 1.54) is 6.07 Å². The Morgan fingerprint density at radius 3 is 2.56 bits per heavy atom. The molecule has 1 aromatic carbocycles. The number of benzene rings is 1. The van der Waals surface area contributed by atoms with Crippen LogP contribution < -0.4 is 5.32 Å². The standard InChI is InChI=1S/C15H23ClFN/c1-11(7-8-18-15(2,3)4)9-12-5-6-13(16)10-14(12)17/h5-6,10-11,18H,7-9H2,1-4H3. The Morgan fingerprint density at radius 1 is 1.33 bits per heavy atom. The number of hydrogen-bond donors (Lipinski definition) is 1. The molecule has 0 heterocycles. The van der Waals surface area contributed by atoms with Crippen molar-refractivity contribution in [2.45, 2.75) is 46.1 Å². The van der Waals surface area contributed by atoms with E-state index in [0.29, 0.717) is 10.9 Å². The van der Waals surface area contributed by atoms with E-state index in [2.05, 4.69) is 33.0 Å². The third kappa shape index (κ3) is 5.83. The normalized spacial score (nSPS) is 13.7. The van der Waals surface area contributed by atoms with Gasteiger partial charge in [0, 0.05) is 10.6 Å². The molecule has 102 valence electrons. The van der Waals surface area contributed by atoms with Crippen LogP contribution in [0.1, 0.15) is 39.7 Å². The van der Waals surface area contributed by atoms with Crippen LogP contribution in [0.4, 0.5) is 4.39 Å². The largest absolute Gasteiger partial charge is 0.312 e. The molecule has 0 fully saturated rings. The number of rotatable bonds is 5. The Morgan fingerprint density at radius 2 is 2.00 bits per heavy atom. The van der Waals surface area contributed by atoms with Crippen molar-refractivity contribution < 1.29 is 4.39 Å². The van der Waals surface area contributed by atoms with Gasteiger partial charge in [-0.2, -0.15) is 0 Å². The fourth-order valence-corrected chi connectivity index (χ4v) is 2.02. The molecule has 0 aliphatic carbocycles. The van der Waals surface area contributed by atoms with Crippen molar-refractivity contribution in [1.29, 1.82) is 0 Å². The Balaban J connectivity index is 2.42. The summed E-state index contributed by atoms with van der Waals surface area (Å²) in [6, 6.07) is 4.92. The molecule has 0 bridgehead atoms. The second-order valence-electron chi connectivity index (χ2n) is 6.01. The molecule has 0 radical (unpaired) electrons. The summed E-state index contributed by atoms with van der Waals surface area (Å²) in [5, 5.41) is 3.90. The topological polar surface area (TPSA) is 12.0 Å². The average molecular weight is 272 g/mol. The Hall–Kier alpha value is -0.600. The number of hydrogen-bond acceptors (Lipinski definition) is 1. The van der Waals surface area contributed by atoms with Crippen molar-refractivity contribution in [3.63, 3.8) is 0 Å². The zero-order valence-electron chi connectivity index (χ0n) is 11.7. The van der Waals surface area contributed by atoms with Crippen molar-refractivity contribution in [2.75, 3.05) is 6.54 Å². The van der Waals surface area contributed by atoms with E-state index >= 15 is 0 Å². The van der Waals surface area contributed by atoms with E-state index in [1.807, 2.05) is 0 Å². The average Bonchev–Trinajstić information content (AvgIpc) is 2.20. The van der Waals surface area contributed by atoms with Gasteiger partial charge < -0.3 is 5.32 Å². The van der Waals surface area contributed by atoms with Crippen molar-refractivity contribution in [1.82, 2.24) is 5.32 Å². The van der Waals surface area contributed by atoms with Gasteiger partial charge in [-0.25, -0.2) is 4.39 Å². The van der Waals surface area contributed by atoms with Gasteiger partial charge in [-0.15, -0.1) is 0 Å². The molecule has 1 unspecified atom stereocenters. The number of halogens is 2. The lowest BCUT2D eigenvalue weighted by atomic mass is 9.97. The summed E-state index contributed by atoms with van der Waals surface area (Å²) in [6.07, 6.45) is 1.80. The van der Waals surface area contributed by atoms with E-state index < -0.39 is 0 Å². The van der Waals surface area contributed by atoms with Gasteiger partial charge in [0.15, 0.2) is 0 Å². The first kappa shape index (κ1) is 15.5. The molecule has 0 amide bonds. The minimum Gasteiger partial charge on any atom is -0.312 e. The van der Waals surface area contributed by atoms with E-state index in [-0.39, 0.29) is 11.4 Å². The lowest BCUT2D eigenvalue weighted by molar-refractivity contribution is 0.392. The van der Waals surface area contributed by atoms with Gasteiger partial charge in [0.05, 0.1) is 0 Å². The van der Waals surface area contributed by atoms with Crippen molar-refractivity contribution >= 4 is 11.6 Å². The van der Waals surface area contributed by atoms with E-state index in [1.54, 1.807) is 12.1 Å². The smallest absolute Gasteiger partial charge is 0.127 e. The molecular weight excluding hydrogens is 249 g/mol. The van der Waals surface area contributed by atoms with Crippen LogP contribution in [0.3, 0.4) is 0 Å². The number of nitrogens with one attached hydrogen (secondary N) is 1. The van der Waals surface area contributed by atoms with Crippen LogP contribution in [0.15, 0.2) is 18.2 Å². The van der Waals surface area contributed by atoms with Crippen LogP contribution in [-0.4, -0.2) is 12.1 Å². The van der Waals surface area contributed by atoms with Gasteiger partial charge in [-0.3, -0.25) is 0 Å². The molecule has 0 spiro atoms. The van der Waals surface area contributed by atoms with Gasteiger partial charge in [0.25, 0.3) is 0 Å². The highest BCUT2D eigenvalue weighted by atomic mass is 35.5. The molecule has 1 nitrogen and oxygen atoms in total. The Labute approximate surface area is 115 Å². The van der Waals surface area contributed by atoms with Crippen LogP contribution in [0, 0.1) is 11.7 Å². The van der Waals surface area contributed by atoms with E-state index in [0.717, 1.165) is 24.9 Å². The SMILES string of the molecule is CC(CCNC(C)(C)C)Cc1ccc(Cl)cc1F. The molecule has 1 N–H and O–H groups in total.